The van der Waals surface area contributed by atoms with E-state index in [-0.39, 0.29) is 5.78 Å². The summed E-state index contributed by atoms with van der Waals surface area (Å²) in [4.78, 5) is 24.2. The number of aromatic nitrogens is 2. The molecule has 8 nitrogen and oxygen atoms in total. The Morgan fingerprint density at radius 2 is 1.96 bits per heavy atom. The minimum absolute atomic E-state index is 0.0883. The van der Waals surface area contributed by atoms with Gasteiger partial charge in [-0.1, -0.05) is 12.1 Å². The van der Waals surface area contributed by atoms with Crippen LogP contribution in [0.2, 0.25) is 0 Å². The lowest BCUT2D eigenvalue weighted by Gasteiger charge is -2.25. The number of nitrogens with one attached hydrogen (secondary N) is 2. The fourth-order valence-electron chi connectivity index (χ4n) is 3.22. The Kier molecular flexibility index (Phi) is 3.72. The van der Waals surface area contributed by atoms with E-state index in [1.807, 2.05) is 0 Å². The van der Waals surface area contributed by atoms with Gasteiger partial charge in [-0.3, -0.25) is 4.79 Å². The van der Waals surface area contributed by atoms with Gasteiger partial charge in [0.25, 0.3) is 0 Å². The lowest BCUT2D eigenvalue weighted by Crippen LogP contribution is -2.23. The molecule has 2 heterocycles. The fourth-order valence-corrected chi connectivity index (χ4v) is 3.22. The van der Waals surface area contributed by atoms with Gasteiger partial charge in [0.2, 0.25) is 11.6 Å². The lowest BCUT2D eigenvalue weighted by molar-refractivity contribution is -0.116. The van der Waals surface area contributed by atoms with Crippen molar-refractivity contribution in [1.82, 2.24) is 10.3 Å². The van der Waals surface area contributed by atoms with Crippen LogP contribution in [0.1, 0.15) is 41.2 Å². The Morgan fingerprint density at radius 3 is 2.72 bits per heavy atom. The molecule has 4 rings (SSSR count). The Labute approximate surface area is 143 Å². The summed E-state index contributed by atoms with van der Waals surface area (Å²) in [5, 5.41) is 14.1. The van der Waals surface area contributed by atoms with Crippen molar-refractivity contribution in [2.45, 2.75) is 25.3 Å². The van der Waals surface area contributed by atoms with Gasteiger partial charge >= 0.3 is 5.97 Å². The van der Waals surface area contributed by atoms with E-state index >= 15 is 0 Å². The van der Waals surface area contributed by atoms with Gasteiger partial charge in [0.1, 0.15) is 0 Å². The molecule has 0 amide bonds. The number of nitrogens with zero attached hydrogens (tertiary/aromatic N) is 2. The van der Waals surface area contributed by atoms with Gasteiger partial charge < -0.3 is 15.4 Å². The first-order valence-electron chi connectivity index (χ1n) is 7.98. The molecule has 128 valence electrons. The molecular weight excluding hydrogens is 324 g/mol. The highest BCUT2D eigenvalue weighted by Crippen LogP contribution is 2.39. The van der Waals surface area contributed by atoms with Crippen LogP contribution in [0, 0.1) is 0 Å². The Bertz CT molecular complexity index is 869. The average molecular weight is 340 g/mol. The highest BCUT2D eigenvalue weighted by molar-refractivity contribution is 6.00. The van der Waals surface area contributed by atoms with Crippen molar-refractivity contribution < 1.29 is 19.0 Å². The second kappa shape index (κ2) is 6.04. The number of esters is 1. The highest BCUT2D eigenvalue weighted by atomic mass is 16.6. The van der Waals surface area contributed by atoms with Crippen molar-refractivity contribution in [3.8, 4) is 0 Å². The van der Waals surface area contributed by atoms with E-state index < -0.39 is 12.0 Å². The number of Topliss-reactive ketones (excluding diaryl/α,β-unsaturated/α-hetero) is 1. The van der Waals surface area contributed by atoms with E-state index in [9.17, 15) is 9.59 Å². The number of ketones is 1. The van der Waals surface area contributed by atoms with Crippen molar-refractivity contribution in [3.63, 3.8) is 0 Å². The third kappa shape index (κ3) is 2.65. The van der Waals surface area contributed by atoms with Crippen molar-refractivity contribution in [2.24, 2.45) is 0 Å². The van der Waals surface area contributed by atoms with Crippen LogP contribution in [0.5, 0.6) is 0 Å². The zero-order valence-electron chi connectivity index (χ0n) is 13.5. The molecule has 1 atom stereocenters. The van der Waals surface area contributed by atoms with Crippen LogP contribution in [0.3, 0.4) is 0 Å². The van der Waals surface area contributed by atoms with Crippen molar-refractivity contribution >= 4 is 23.4 Å². The standard InChI is InChI=1S/C17H16N4O4/c1-24-17(23)10-7-5-9(6-8-10)14-13-11(3-2-4-12(13)22)18-15-16(19-14)21-25-20-15/h5-8,14H,2-4H2,1H3,(H,18,20)(H,19,21). The van der Waals surface area contributed by atoms with Gasteiger partial charge in [-0.25, -0.2) is 9.42 Å². The molecule has 25 heavy (non-hydrogen) atoms. The smallest absolute Gasteiger partial charge is 0.337 e. The highest BCUT2D eigenvalue weighted by Gasteiger charge is 2.33. The number of anilines is 2. The average Bonchev–Trinajstić information content (AvgIpc) is 3.00. The largest absolute Gasteiger partial charge is 0.465 e. The van der Waals surface area contributed by atoms with Gasteiger partial charge in [-0.15, -0.1) is 0 Å². The summed E-state index contributed by atoms with van der Waals surface area (Å²) in [6, 6.07) is 6.56. The maximum absolute atomic E-state index is 12.6. The molecule has 1 aliphatic carbocycles. The maximum atomic E-state index is 12.6. The van der Waals surface area contributed by atoms with Crippen molar-refractivity contribution in [1.29, 1.82) is 0 Å². The number of hydrogen-bond acceptors (Lipinski definition) is 8. The number of carbonyl (C=O) groups is 2. The second-order valence-corrected chi connectivity index (χ2v) is 5.95. The topological polar surface area (TPSA) is 106 Å². The van der Waals surface area contributed by atoms with Gasteiger partial charge in [0.05, 0.1) is 18.7 Å². The molecule has 0 bridgehead atoms. The number of methoxy groups -OCH3 is 1. The van der Waals surface area contributed by atoms with E-state index in [2.05, 4.69) is 20.9 Å². The van der Waals surface area contributed by atoms with E-state index in [0.717, 1.165) is 24.1 Å². The normalized spacial score (nSPS) is 19.2. The van der Waals surface area contributed by atoms with Crippen molar-refractivity contribution in [2.75, 3.05) is 17.7 Å². The molecule has 2 aromatic rings. The molecule has 0 radical (unpaired) electrons. The second-order valence-electron chi connectivity index (χ2n) is 5.95. The summed E-state index contributed by atoms with van der Waals surface area (Å²) < 4.78 is 9.51. The number of carbonyl (C=O) groups excluding carboxylic acids is 2. The van der Waals surface area contributed by atoms with E-state index in [1.54, 1.807) is 24.3 Å². The first-order chi connectivity index (χ1) is 12.2. The van der Waals surface area contributed by atoms with Crippen LogP contribution in [0.25, 0.3) is 0 Å². The summed E-state index contributed by atoms with van der Waals surface area (Å²) >= 11 is 0. The first kappa shape index (κ1) is 15.4. The Hall–Kier alpha value is -3.16. The fraction of sp³-hybridized carbons (Fsp3) is 0.294. The molecule has 0 saturated carbocycles. The Morgan fingerprint density at radius 1 is 1.20 bits per heavy atom. The molecule has 1 unspecified atom stereocenters. The van der Waals surface area contributed by atoms with Gasteiger partial charge in [0.15, 0.2) is 5.78 Å². The quantitative estimate of drug-likeness (QED) is 0.803. The zero-order valence-corrected chi connectivity index (χ0v) is 13.5. The van der Waals surface area contributed by atoms with Crippen LogP contribution in [0.4, 0.5) is 11.6 Å². The van der Waals surface area contributed by atoms with Gasteiger partial charge in [0, 0.05) is 17.7 Å². The molecule has 1 aromatic carbocycles. The molecule has 8 heteroatoms. The van der Waals surface area contributed by atoms with Crippen LogP contribution in [0.15, 0.2) is 40.2 Å². The molecule has 0 spiro atoms. The van der Waals surface area contributed by atoms with Crippen LogP contribution in [-0.4, -0.2) is 29.2 Å². The predicted molar refractivity (Wildman–Crippen MR) is 87.9 cm³/mol. The monoisotopic (exact) mass is 340 g/mol. The molecule has 1 aliphatic heterocycles. The van der Waals surface area contributed by atoms with E-state index in [0.29, 0.717) is 29.2 Å². The number of rotatable bonds is 2. The number of allylic oxidation sites excluding steroid dienone is 1. The first-order valence-corrected chi connectivity index (χ1v) is 7.98. The van der Waals surface area contributed by atoms with Crippen molar-refractivity contribution in [3.05, 3.63) is 46.7 Å². The van der Waals surface area contributed by atoms with E-state index in [1.165, 1.54) is 7.11 Å². The summed E-state index contributed by atoms with van der Waals surface area (Å²) in [5.74, 6) is 0.601. The Balaban J connectivity index is 1.77. The summed E-state index contributed by atoms with van der Waals surface area (Å²) in [6.07, 6.45) is 2.06. The van der Waals surface area contributed by atoms with Gasteiger partial charge in [-0.2, -0.15) is 0 Å². The van der Waals surface area contributed by atoms with Gasteiger partial charge in [-0.05, 0) is 40.9 Å². The molecule has 2 N–H and O–H groups in total. The van der Waals surface area contributed by atoms with Crippen LogP contribution in [-0.2, 0) is 9.53 Å². The summed E-state index contributed by atoms with van der Waals surface area (Å²) in [7, 11) is 1.34. The van der Waals surface area contributed by atoms with E-state index in [4.69, 9.17) is 9.37 Å². The molecule has 0 fully saturated rings. The van der Waals surface area contributed by atoms with Crippen LogP contribution >= 0.6 is 0 Å². The SMILES string of the molecule is COC(=O)c1ccc(C2Nc3nonc3NC3=C2C(=O)CCC3)cc1. The minimum Gasteiger partial charge on any atom is -0.465 e. The molecule has 0 saturated heterocycles. The third-order valence-electron chi connectivity index (χ3n) is 4.45. The minimum atomic E-state index is -0.404. The maximum Gasteiger partial charge on any atom is 0.337 e. The number of ether oxygens (including phenoxy) is 1. The number of hydrogen-bond donors (Lipinski definition) is 2. The summed E-state index contributed by atoms with van der Waals surface area (Å²) in [5.41, 5.74) is 2.80. The summed E-state index contributed by atoms with van der Waals surface area (Å²) in [6.45, 7) is 0. The molecule has 2 aliphatic rings. The van der Waals surface area contributed by atoms with Crippen LogP contribution < -0.4 is 10.6 Å². The predicted octanol–water partition coefficient (Wildman–Crippen LogP) is 2.44. The lowest BCUT2D eigenvalue weighted by atomic mass is 9.86. The zero-order chi connectivity index (χ0) is 17.4. The molecular formula is C17H16N4O4. The molecule has 1 aromatic heterocycles. The third-order valence-corrected chi connectivity index (χ3v) is 4.45. The number of benzene rings is 1. The number of fused-ring (bicyclic) bond motifs is 1.